The molecule has 1 saturated heterocycles. The van der Waals surface area contributed by atoms with E-state index in [2.05, 4.69) is 21.8 Å². The first kappa shape index (κ1) is 11.1. The van der Waals surface area contributed by atoms with Gasteiger partial charge in [0.2, 0.25) is 5.88 Å². The number of aromatic nitrogens is 2. The largest absolute Gasteiger partial charge is 0.478 e. The maximum absolute atomic E-state index is 6.11. The van der Waals surface area contributed by atoms with E-state index in [1.54, 1.807) is 0 Å². The van der Waals surface area contributed by atoms with Crippen molar-refractivity contribution >= 4 is 5.82 Å². The molecule has 2 rings (SSSR count). The second-order valence-corrected chi connectivity index (χ2v) is 4.22. The maximum atomic E-state index is 6.11. The zero-order valence-electron chi connectivity index (χ0n) is 9.81. The Labute approximate surface area is 95.6 Å². The second kappa shape index (κ2) is 4.25. The van der Waals surface area contributed by atoms with Gasteiger partial charge in [-0.1, -0.05) is 6.92 Å². The molecule has 0 spiro atoms. The smallest absolute Gasteiger partial charge is 0.218 e. The Bertz CT molecular complexity index is 363. The highest BCUT2D eigenvalue weighted by atomic mass is 16.5. The molecular formula is C11H18N4O. The van der Waals surface area contributed by atoms with Gasteiger partial charge in [-0.15, -0.1) is 0 Å². The van der Waals surface area contributed by atoms with Gasteiger partial charge in [-0.05, 0) is 13.3 Å². The first-order chi connectivity index (χ1) is 7.67. The number of hydrogen-bond acceptors (Lipinski definition) is 5. The van der Waals surface area contributed by atoms with E-state index >= 15 is 0 Å². The monoisotopic (exact) mass is 222 g/mol. The molecule has 0 aromatic carbocycles. The minimum atomic E-state index is -0.0449. The topological polar surface area (TPSA) is 64.3 Å². The number of nitrogens with two attached hydrogens (primary N) is 1. The molecule has 1 fully saturated rings. The molecule has 0 unspecified atom stereocenters. The molecule has 2 heterocycles. The lowest BCUT2D eigenvalue weighted by Gasteiger charge is -2.48. The van der Waals surface area contributed by atoms with Crippen molar-refractivity contribution in [3.63, 3.8) is 0 Å². The van der Waals surface area contributed by atoms with Crippen LogP contribution in [0.2, 0.25) is 0 Å². The van der Waals surface area contributed by atoms with Crippen molar-refractivity contribution in [2.45, 2.75) is 25.8 Å². The minimum absolute atomic E-state index is 0.0449. The van der Waals surface area contributed by atoms with Crippen LogP contribution in [0.25, 0.3) is 0 Å². The molecule has 88 valence electrons. The molecule has 1 aromatic rings. The summed E-state index contributed by atoms with van der Waals surface area (Å²) in [6, 6.07) is 1.86. The molecule has 0 bridgehead atoms. The van der Waals surface area contributed by atoms with Crippen LogP contribution in [0.4, 0.5) is 5.82 Å². The van der Waals surface area contributed by atoms with Crippen LogP contribution in [0.5, 0.6) is 5.88 Å². The molecule has 16 heavy (non-hydrogen) atoms. The molecule has 0 amide bonds. The molecule has 0 saturated carbocycles. The van der Waals surface area contributed by atoms with E-state index in [4.69, 9.17) is 10.5 Å². The third-order valence-electron chi connectivity index (χ3n) is 2.96. The maximum Gasteiger partial charge on any atom is 0.218 e. The van der Waals surface area contributed by atoms with Gasteiger partial charge in [-0.2, -0.15) is 0 Å². The summed E-state index contributed by atoms with van der Waals surface area (Å²) in [6.45, 7) is 6.38. The van der Waals surface area contributed by atoms with Crippen LogP contribution in [-0.2, 0) is 0 Å². The van der Waals surface area contributed by atoms with Gasteiger partial charge in [0.1, 0.15) is 12.1 Å². The van der Waals surface area contributed by atoms with E-state index in [1.165, 1.54) is 6.33 Å². The lowest BCUT2D eigenvalue weighted by atomic mass is 9.88. The number of hydrogen-bond donors (Lipinski definition) is 1. The third-order valence-corrected chi connectivity index (χ3v) is 2.96. The summed E-state index contributed by atoms with van der Waals surface area (Å²) >= 11 is 0. The first-order valence-corrected chi connectivity index (χ1v) is 5.65. The average molecular weight is 222 g/mol. The van der Waals surface area contributed by atoms with Gasteiger partial charge in [0.15, 0.2) is 0 Å². The highest BCUT2D eigenvalue weighted by molar-refractivity contribution is 5.46. The van der Waals surface area contributed by atoms with Gasteiger partial charge in [-0.25, -0.2) is 9.97 Å². The molecule has 0 aliphatic carbocycles. The third kappa shape index (κ3) is 2.09. The normalized spacial score (nSPS) is 18.1. The van der Waals surface area contributed by atoms with Gasteiger partial charge in [0.05, 0.1) is 12.1 Å². The number of nitrogens with zero attached hydrogens (tertiary/aromatic N) is 3. The summed E-state index contributed by atoms with van der Waals surface area (Å²) in [5.41, 5.74) is 6.07. The first-order valence-electron chi connectivity index (χ1n) is 5.65. The molecule has 2 N–H and O–H groups in total. The zero-order valence-corrected chi connectivity index (χ0v) is 9.81. The van der Waals surface area contributed by atoms with Gasteiger partial charge < -0.3 is 15.4 Å². The Kier molecular flexibility index (Phi) is 2.96. The van der Waals surface area contributed by atoms with Crippen molar-refractivity contribution in [1.29, 1.82) is 0 Å². The standard InChI is InChI=1S/C11H18N4O/c1-3-11(12)6-15(7-11)9-5-10(16-4-2)14-8-13-9/h5,8H,3-4,6-7,12H2,1-2H3. The average Bonchev–Trinajstić information content (AvgIpc) is 2.26. The van der Waals surface area contributed by atoms with Crippen LogP contribution in [0.3, 0.4) is 0 Å². The van der Waals surface area contributed by atoms with Crippen LogP contribution < -0.4 is 15.4 Å². The summed E-state index contributed by atoms with van der Waals surface area (Å²) in [4.78, 5) is 10.4. The van der Waals surface area contributed by atoms with E-state index in [1.807, 2.05) is 13.0 Å². The number of ether oxygens (including phenoxy) is 1. The summed E-state index contributed by atoms with van der Waals surface area (Å²) in [5, 5.41) is 0. The van der Waals surface area contributed by atoms with Crippen LogP contribution in [0, 0.1) is 0 Å². The predicted molar refractivity (Wildman–Crippen MR) is 62.6 cm³/mol. The lowest BCUT2D eigenvalue weighted by Crippen LogP contribution is -2.67. The Balaban J connectivity index is 2.03. The predicted octanol–water partition coefficient (Wildman–Crippen LogP) is 0.803. The summed E-state index contributed by atoms with van der Waals surface area (Å²) < 4.78 is 5.33. The van der Waals surface area contributed by atoms with E-state index < -0.39 is 0 Å². The SMILES string of the molecule is CCOc1cc(N2CC(N)(CC)C2)ncn1. The fraction of sp³-hybridized carbons (Fsp3) is 0.636. The summed E-state index contributed by atoms with van der Waals surface area (Å²) in [7, 11) is 0. The highest BCUT2D eigenvalue weighted by Crippen LogP contribution is 2.27. The van der Waals surface area contributed by atoms with Crippen molar-refractivity contribution in [1.82, 2.24) is 9.97 Å². The van der Waals surface area contributed by atoms with Crippen molar-refractivity contribution < 1.29 is 4.74 Å². The van der Waals surface area contributed by atoms with E-state index in [-0.39, 0.29) is 5.54 Å². The van der Waals surface area contributed by atoms with Gasteiger partial charge in [-0.3, -0.25) is 0 Å². The van der Waals surface area contributed by atoms with Crippen LogP contribution in [0.1, 0.15) is 20.3 Å². The van der Waals surface area contributed by atoms with Gasteiger partial charge in [0.25, 0.3) is 0 Å². The highest BCUT2D eigenvalue weighted by Gasteiger charge is 2.38. The van der Waals surface area contributed by atoms with Gasteiger partial charge in [0, 0.05) is 19.2 Å². The summed E-state index contributed by atoms with van der Waals surface area (Å²) in [5.74, 6) is 1.52. The van der Waals surface area contributed by atoms with Crippen LogP contribution >= 0.6 is 0 Å². The molecule has 1 aliphatic heterocycles. The number of anilines is 1. The van der Waals surface area contributed by atoms with Crippen molar-refractivity contribution in [3.8, 4) is 5.88 Å². The molecule has 0 radical (unpaired) electrons. The lowest BCUT2D eigenvalue weighted by molar-refractivity contribution is 0.314. The van der Waals surface area contributed by atoms with Crippen molar-refractivity contribution in [3.05, 3.63) is 12.4 Å². The molecule has 5 nitrogen and oxygen atoms in total. The minimum Gasteiger partial charge on any atom is -0.478 e. The molecule has 1 aromatic heterocycles. The van der Waals surface area contributed by atoms with Crippen LogP contribution in [0.15, 0.2) is 12.4 Å². The Morgan fingerprint density at radius 3 is 2.81 bits per heavy atom. The molecule has 5 heteroatoms. The molecular weight excluding hydrogens is 204 g/mol. The van der Waals surface area contributed by atoms with E-state index in [0.717, 1.165) is 25.3 Å². The fourth-order valence-electron chi connectivity index (χ4n) is 1.83. The fourth-order valence-corrected chi connectivity index (χ4v) is 1.83. The van der Waals surface area contributed by atoms with E-state index in [9.17, 15) is 0 Å². The quantitative estimate of drug-likeness (QED) is 0.816. The van der Waals surface area contributed by atoms with Crippen molar-refractivity contribution in [2.24, 2.45) is 5.73 Å². The van der Waals surface area contributed by atoms with Crippen molar-refractivity contribution in [2.75, 3.05) is 24.6 Å². The molecule has 0 atom stereocenters. The summed E-state index contributed by atoms with van der Waals surface area (Å²) in [6.07, 6.45) is 2.52. The van der Waals surface area contributed by atoms with E-state index in [0.29, 0.717) is 12.5 Å². The number of rotatable bonds is 4. The zero-order chi connectivity index (χ0) is 11.6. The molecule has 1 aliphatic rings. The van der Waals surface area contributed by atoms with Crippen LogP contribution in [-0.4, -0.2) is 35.2 Å². The Hall–Kier alpha value is -1.36. The Morgan fingerprint density at radius 2 is 2.19 bits per heavy atom. The second-order valence-electron chi connectivity index (χ2n) is 4.22. The Morgan fingerprint density at radius 1 is 1.44 bits per heavy atom. The van der Waals surface area contributed by atoms with Gasteiger partial charge >= 0.3 is 0 Å².